The largest absolute Gasteiger partial charge is 0.396 e. The van der Waals surface area contributed by atoms with Gasteiger partial charge >= 0.3 is 0 Å². The van der Waals surface area contributed by atoms with E-state index in [1.165, 1.54) is 6.42 Å². The number of hydrogen-bond acceptors (Lipinski definition) is 6. The summed E-state index contributed by atoms with van der Waals surface area (Å²) in [6.45, 7) is 0.344. The number of hydrogen-bond donors (Lipinski definition) is 2. The first-order chi connectivity index (χ1) is 12.4. The van der Waals surface area contributed by atoms with Gasteiger partial charge in [0.15, 0.2) is 0 Å². The van der Waals surface area contributed by atoms with Gasteiger partial charge in [-0.25, -0.2) is 16.8 Å². The van der Waals surface area contributed by atoms with Gasteiger partial charge in [-0.15, -0.1) is 0 Å². The number of unbranched alkanes of at least 4 members (excludes halogenated alkanes) is 12. The molecular formula is C18H38O6S2. The summed E-state index contributed by atoms with van der Waals surface area (Å²) in [4.78, 5) is 0. The highest BCUT2D eigenvalue weighted by Crippen LogP contribution is 2.14. The molecule has 2 N–H and O–H groups in total. The second-order valence-electron chi connectivity index (χ2n) is 6.92. The SMILES string of the molecule is O=S(=O)(CCCCCCO)S(=O)(=O)CCCCCCCCCCCCO. The molecule has 0 unspecified atom stereocenters. The fourth-order valence-corrected chi connectivity index (χ4v) is 6.66. The molecule has 0 saturated carbocycles. The van der Waals surface area contributed by atoms with Crippen LogP contribution < -0.4 is 0 Å². The molecule has 0 aliphatic carbocycles. The van der Waals surface area contributed by atoms with E-state index in [0.29, 0.717) is 32.1 Å². The number of aliphatic hydroxyl groups excluding tert-OH is 2. The van der Waals surface area contributed by atoms with Crippen molar-refractivity contribution in [1.29, 1.82) is 0 Å². The van der Waals surface area contributed by atoms with Crippen molar-refractivity contribution < 1.29 is 27.0 Å². The predicted octanol–water partition coefficient (Wildman–Crippen LogP) is 3.18. The fraction of sp³-hybridized carbons (Fsp3) is 1.00. The van der Waals surface area contributed by atoms with Crippen molar-refractivity contribution in [3.8, 4) is 0 Å². The van der Waals surface area contributed by atoms with Crippen LogP contribution in [0.15, 0.2) is 0 Å². The zero-order chi connectivity index (χ0) is 19.7. The highest BCUT2D eigenvalue weighted by molar-refractivity contribution is 8.67. The first kappa shape index (κ1) is 25.8. The lowest BCUT2D eigenvalue weighted by Crippen LogP contribution is -2.22. The Morgan fingerprint density at radius 1 is 0.385 bits per heavy atom. The summed E-state index contributed by atoms with van der Waals surface area (Å²) in [5, 5.41) is 17.3. The quantitative estimate of drug-likeness (QED) is 0.248. The first-order valence-corrected chi connectivity index (χ1v) is 13.9. The average molecular weight is 415 g/mol. The Kier molecular flexibility index (Phi) is 15.7. The molecule has 0 heterocycles. The van der Waals surface area contributed by atoms with E-state index in [2.05, 4.69) is 0 Å². The lowest BCUT2D eigenvalue weighted by molar-refractivity contribution is 0.282. The Morgan fingerprint density at radius 3 is 0.885 bits per heavy atom. The third-order valence-corrected chi connectivity index (χ3v) is 10.2. The van der Waals surface area contributed by atoms with Crippen LogP contribution in [0.2, 0.25) is 0 Å². The molecule has 0 fully saturated rings. The van der Waals surface area contributed by atoms with E-state index in [1.807, 2.05) is 0 Å². The van der Waals surface area contributed by atoms with Crippen LogP contribution in [0.1, 0.15) is 89.9 Å². The highest BCUT2D eigenvalue weighted by atomic mass is 33.2. The summed E-state index contributed by atoms with van der Waals surface area (Å²) in [5.74, 6) is -0.579. The topological polar surface area (TPSA) is 109 Å². The van der Waals surface area contributed by atoms with Gasteiger partial charge in [-0.2, -0.15) is 0 Å². The molecule has 0 aromatic carbocycles. The normalized spacial score (nSPS) is 12.5. The maximum absolute atomic E-state index is 12.0. The smallest absolute Gasteiger partial charge is 0.253 e. The summed E-state index contributed by atoms with van der Waals surface area (Å²) >= 11 is 0. The van der Waals surface area contributed by atoms with Crippen molar-refractivity contribution in [2.75, 3.05) is 24.7 Å². The van der Waals surface area contributed by atoms with Crippen molar-refractivity contribution in [3.63, 3.8) is 0 Å². The number of rotatable bonds is 19. The van der Waals surface area contributed by atoms with Crippen LogP contribution in [0.4, 0.5) is 0 Å². The van der Waals surface area contributed by atoms with Crippen molar-refractivity contribution in [1.82, 2.24) is 0 Å². The van der Waals surface area contributed by atoms with E-state index >= 15 is 0 Å². The summed E-state index contributed by atoms with van der Waals surface area (Å²) in [6, 6.07) is 0. The monoisotopic (exact) mass is 414 g/mol. The number of aliphatic hydroxyl groups is 2. The average Bonchev–Trinajstić information content (AvgIpc) is 2.59. The summed E-state index contributed by atoms with van der Waals surface area (Å²) < 4.78 is 47.9. The van der Waals surface area contributed by atoms with E-state index in [9.17, 15) is 16.8 Å². The van der Waals surface area contributed by atoms with Crippen LogP contribution >= 0.6 is 0 Å². The van der Waals surface area contributed by atoms with Crippen LogP contribution in [-0.2, 0) is 17.7 Å². The van der Waals surface area contributed by atoms with E-state index in [-0.39, 0.29) is 24.7 Å². The Balaban J connectivity index is 3.76. The Hall–Kier alpha value is -0.180. The van der Waals surface area contributed by atoms with Crippen molar-refractivity contribution in [2.24, 2.45) is 0 Å². The molecule has 0 spiro atoms. The summed E-state index contributed by atoms with van der Waals surface area (Å²) in [7, 11) is -8.13. The van der Waals surface area contributed by atoms with Crippen molar-refractivity contribution in [2.45, 2.75) is 89.9 Å². The Labute approximate surface area is 159 Å². The van der Waals surface area contributed by atoms with Gasteiger partial charge in [0.05, 0.1) is 11.5 Å². The minimum atomic E-state index is -4.07. The molecule has 0 aromatic heterocycles. The second-order valence-corrected chi connectivity index (χ2v) is 13.0. The van der Waals surface area contributed by atoms with Gasteiger partial charge in [0.1, 0.15) is 0 Å². The summed E-state index contributed by atoms with van der Waals surface area (Å²) in [6.07, 6.45) is 12.0. The minimum absolute atomic E-state index is 0.0781. The van der Waals surface area contributed by atoms with Gasteiger partial charge in [-0.05, 0) is 25.7 Å². The molecular weight excluding hydrogens is 376 g/mol. The molecule has 0 aromatic rings. The maximum Gasteiger partial charge on any atom is 0.253 e. The van der Waals surface area contributed by atoms with Crippen LogP contribution in [0, 0.1) is 0 Å². The third-order valence-electron chi connectivity index (χ3n) is 4.49. The molecule has 0 aliphatic rings. The molecule has 26 heavy (non-hydrogen) atoms. The minimum Gasteiger partial charge on any atom is -0.396 e. The van der Waals surface area contributed by atoms with Gasteiger partial charge in [0.25, 0.3) is 17.7 Å². The molecule has 0 radical (unpaired) electrons. The van der Waals surface area contributed by atoms with Gasteiger partial charge in [-0.1, -0.05) is 64.2 Å². The Morgan fingerprint density at radius 2 is 0.615 bits per heavy atom. The predicted molar refractivity (Wildman–Crippen MR) is 106 cm³/mol. The van der Waals surface area contributed by atoms with Crippen LogP contribution in [0.5, 0.6) is 0 Å². The lowest BCUT2D eigenvalue weighted by atomic mass is 10.1. The second kappa shape index (κ2) is 15.8. The Bertz CT molecular complexity index is 514. The molecule has 0 bridgehead atoms. The molecule has 0 aliphatic heterocycles. The molecule has 0 saturated heterocycles. The van der Waals surface area contributed by atoms with E-state index in [0.717, 1.165) is 51.4 Å². The van der Waals surface area contributed by atoms with Gasteiger partial charge < -0.3 is 10.2 Å². The molecule has 6 nitrogen and oxygen atoms in total. The van der Waals surface area contributed by atoms with Gasteiger partial charge in [0, 0.05) is 13.2 Å². The molecule has 0 rings (SSSR count). The highest BCUT2D eigenvalue weighted by Gasteiger charge is 2.28. The summed E-state index contributed by atoms with van der Waals surface area (Å²) in [5.41, 5.74) is 0. The van der Waals surface area contributed by atoms with Crippen LogP contribution in [-0.4, -0.2) is 51.8 Å². The van der Waals surface area contributed by atoms with E-state index < -0.39 is 17.7 Å². The zero-order valence-electron chi connectivity index (χ0n) is 16.1. The van der Waals surface area contributed by atoms with Gasteiger partial charge in [-0.3, -0.25) is 0 Å². The zero-order valence-corrected chi connectivity index (χ0v) is 17.7. The molecule has 158 valence electrons. The van der Waals surface area contributed by atoms with Gasteiger partial charge in [0.2, 0.25) is 0 Å². The fourth-order valence-electron chi connectivity index (χ4n) is 2.80. The van der Waals surface area contributed by atoms with Crippen LogP contribution in [0.3, 0.4) is 0 Å². The van der Waals surface area contributed by atoms with E-state index in [1.54, 1.807) is 0 Å². The van der Waals surface area contributed by atoms with Crippen molar-refractivity contribution in [3.05, 3.63) is 0 Å². The standard InChI is InChI=1S/C18H38O6S2/c19-15-11-7-5-3-1-2-4-6-9-13-17-25(21,22)26(23,24)18-14-10-8-12-16-20/h19-20H,1-18H2. The van der Waals surface area contributed by atoms with E-state index in [4.69, 9.17) is 10.2 Å². The molecule has 0 atom stereocenters. The lowest BCUT2D eigenvalue weighted by Gasteiger charge is -2.06. The molecule has 8 heteroatoms. The van der Waals surface area contributed by atoms with Crippen LogP contribution in [0.25, 0.3) is 0 Å². The first-order valence-electron chi connectivity index (χ1n) is 10.0. The molecule has 0 amide bonds. The van der Waals surface area contributed by atoms with Crippen molar-refractivity contribution >= 4 is 17.7 Å². The third kappa shape index (κ3) is 13.1. The maximum atomic E-state index is 12.0.